The van der Waals surface area contributed by atoms with Crippen LogP contribution in [0, 0.1) is 6.92 Å². The highest BCUT2D eigenvalue weighted by Gasteiger charge is 2.20. The number of hydrogen-bond donors (Lipinski definition) is 0. The maximum absolute atomic E-state index is 12.5. The van der Waals surface area contributed by atoms with E-state index in [9.17, 15) is 13.6 Å². The number of alkyl halides is 2. The largest absolute Gasteiger partial charge is 0.276 e. The number of hydrogen-bond acceptors (Lipinski definition) is 2. The smallest absolute Gasteiger partial charge is 0.266 e. The van der Waals surface area contributed by atoms with Gasteiger partial charge in [-0.3, -0.25) is 4.79 Å². The summed E-state index contributed by atoms with van der Waals surface area (Å²) in [6.45, 7) is 1.41. The number of carbonyl (C=O) groups excluding carboxylic acids is 1. The van der Waals surface area contributed by atoms with Crippen molar-refractivity contribution in [2.75, 3.05) is 0 Å². The lowest BCUT2D eigenvalue weighted by atomic mass is 10.1. The third-order valence-electron chi connectivity index (χ3n) is 1.77. The summed E-state index contributed by atoms with van der Waals surface area (Å²) in [5, 5.41) is -0.788. The molecule has 6 heteroatoms. The van der Waals surface area contributed by atoms with Crippen molar-refractivity contribution in [3.05, 3.63) is 27.5 Å². The Morgan fingerprint density at radius 3 is 2.64 bits per heavy atom. The summed E-state index contributed by atoms with van der Waals surface area (Å²) in [6, 6.07) is 0. The van der Waals surface area contributed by atoms with Crippen LogP contribution in [0.25, 0.3) is 0 Å². The zero-order chi connectivity index (χ0) is 10.9. The summed E-state index contributed by atoms with van der Waals surface area (Å²) in [7, 11) is 0. The molecule has 0 saturated heterocycles. The number of halogens is 4. The fraction of sp³-hybridized carbons (Fsp3) is 0.250. The monoisotopic (exact) mass is 283 g/mol. The Bertz CT molecular complexity index is 384. The first-order chi connectivity index (χ1) is 6.45. The van der Waals surface area contributed by atoms with Gasteiger partial charge in [-0.25, -0.2) is 13.8 Å². The second-order valence-electron chi connectivity index (χ2n) is 2.58. The van der Waals surface area contributed by atoms with Gasteiger partial charge in [-0.05, 0) is 40.0 Å². The van der Waals surface area contributed by atoms with Gasteiger partial charge in [-0.15, -0.1) is 0 Å². The maximum Gasteiger partial charge on any atom is 0.266 e. The van der Waals surface area contributed by atoms with Gasteiger partial charge in [-0.2, -0.15) is 0 Å². The predicted octanol–water partition coefficient (Wildman–Crippen LogP) is 3.47. The van der Waals surface area contributed by atoms with Crippen LogP contribution in [0.4, 0.5) is 8.78 Å². The first-order valence-electron chi connectivity index (χ1n) is 3.58. The van der Waals surface area contributed by atoms with E-state index in [1.165, 1.54) is 13.1 Å². The highest BCUT2D eigenvalue weighted by atomic mass is 79.9. The number of pyridine rings is 1. The molecule has 0 spiro atoms. The molecule has 14 heavy (non-hydrogen) atoms. The second-order valence-corrected chi connectivity index (χ2v) is 3.67. The summed E-state index contributed by atoms with van der Waals surface area (Å²) in [5.41, 5.74) is -0.136. The van der Waals surface area contributed by atoms with Gasteiger partial charge >= 0.3 is 0 Å². The van der Waals surface area contributed by atoms with Crippen LogP contribution in [0.1, 0.15) is 27.9 Å². The van der Waals surface area contributed by atoms with Crippen molar-refractivity contribution in [2.45, 2.75) is 13.3 Å². The molecule has 0 aliphatic rings. The van der Waals surface area contributed by atoms with E-state index in [2.05, 4.69) is 20.9 Å². The number of aromatic nitrogens is 1. The molecule has 0 aromatic carbocycles. The minimum Gasteiger partial charge on any atom is -0.276 e. The van der Waals surface area contributed by atoms with Gasteiger partial charge in [0.25, 0.3) is 11.7 Å². The van der Waals surface area contributed by atoms with E-state index in [1.54, 1.807) is 0 Å². The standard InChI is InChI=1S/C8H5BrClF2NO/c1-3-4(7(10)14)2-13-6(9)5(3)8(11)12/h2,8H,1H3. The quantitative estimate of drug-likeness (QED) is 0.615. The lowest BCUT2D eigenvalue weighted by Crippen LogP contribution is -2.02. The van der Waals surface area contributed by atoms with Crippen molar-refractivity contribution >= 4 is 32.8 Å². The van der Waals surface area contributed by atoms with Crippen LogP contribution < -0.4 is 0 Å². The van der Waals surface area contributed by atoms with Crippen LogP contribution >= 0.6 is 27.5 Å². The lowest BCUT2D eigenvalue weighted by molar-refractivity contribution is 0.107. The van der Waals surface area contributed by atoms with Gasteiger partial charge in [0.05, 0.1) is 11.1 Å². The van der Waals surface area contributed by atoms with Crippen molar-refractivity contribution in [1.82, 2.24) is 4.98 Å². The number of rotatable bonds is 2. The van der Waals surface area contributed by atoms with Crippen LogP contribution in [-0.2, 0) is 0 Å². The van der Waals surface area contributed by atoms with Gasteiger partial charge < -0.3 is 0 Å². The molecule has 2 nitrogen and oxygen atoms in total. The van der Waals surface area contributed by atoms with E-state index < -0.39 is 11.7 Å². The Hall–Kier alpha value is -0.550. The van der Waals surface area contributed by atoms with Crippen molar-refractivity contribution in [2.24, 2.45) is 0 Å². The fourth-order valence-corrected chi connectivity index (χ4v) is 1.80. The Labute approximate surface area is 92.4 Å². The third-order valence-corrected chi connectivity index (χ3v) is 2.60. The summed E-state index contributed by atoms with van der Waals surface area (Å²) in [4.78, 5) is 14.4. The molecular weight excluding hydrogens is 279 g/mol. The molecule has 0 radical (unpaired) electrons. The SMILES string of the molecule is Cc1c(C(=O)Cl)cnc(Br)c1C(F)F. The van der Waals surface area contributed by atoms with Crippen LogP contribution in [0.5, 0.6) is 0 Å². The van der Waals surface area contributed by atoms with Gasteiger partial charge in [0.2, 0.25) is 0 Å². The van der Waals surface area contributed by atoms with E-state index in [0.717, 1.165) is 0 Å². The molecule has 1 heterocycles. The van der Waals surface area contributed by atoms with Gasteiger partial charge in [0, 0.05) is 6.20 Å². The van der Waals surface area contributed by atoms with Crippen molar-refractivity contribution < 1.29 is 13.6 Å². The Morgan fingerprint density at radius 1 is 1.64 bits per heavy atom. The molecule has 1 rings (SSSR count). The molecule has 0 aliphatic heterocycles. The fourth-order valence-electron chi connectivity index (χ4n) is 1.04. The third kappa shape index (κ3) is 2.09. The average molecular weight is 284 g/mol. The van der Waals surface area contributed by atoms with Crippen LogP contribution in [0.3, 0.4) is 0 Å². The predicted molar refractivity (Wildman–Crippen MR) is 51.8 cm³/mol. The van der Waals surface area contributed by atoms with E-state index >= 15 is 0 Å². The molecule has 0 unspecified atom stereocenters. The van der Waals surface area contributed by atoms with Crippen LogP contribution in [-0.4, -0.2) is 10.2 Å². The molecule has 1 aromatic rings. The first kappa shape index (κ1) is 11.5. The highest BCUT2D eigenvalue weighted by Crippen LogP contribution is 2.30. The molecule has 0 atom stereocenters. The van der Waals surface area contributed by atoms with E-state index in [1.807, 2.05) is 0 Å². The first-order valence-corrected chi connectivity index (χ1v) is 4.75. The summed E-state index contributed by atoms with van der Waals surface area (Å²) in [6.07, 6.45) is -1.52. The van der Waals surface area contributed by atoms with Gasteiger partial charge in [0.1, 0.15) is 4.60 Å². The zero-order valence-corrected chi connectivity index (χ0v) is 9.36. The topological polar surface area (TPSA) is 30.0 Å². The summed E-state index contributed by atoms with van der Waals surface area (Å²) in [5.74, 6) is 0. The molecule has 0 fully saturated rings. The molecule has 0 amide bonds. The average Bonchev–Trinajstić information content (AvgIpc) is 2.02. The molecule has 0 aliphatic carbocycles. The lowest BCUT2D eigenvalue weighted by Gasteiger charge is -2.08. The van der Waals surface area contributed by atoms with Crippen molar-refractivity contribution in [1.29, 1.82) is 0 Å². The Kier molecular flexibility index (Phi) is 3.55. The number of nitrogens with zero attached hydrogens (tertiary/aromatic N) is 1. The number of carbonyl (C=O) groups is 1. The Balaban J connectivity index is 3.41. The summed E-state index contributed by atoms with van der Waals surface area (Å²) < 4.78 is 25.0. The molecule has 0 saturated carbocycles. The minimum atomic E-state index is -2.69. The maximum atomic E-state index is 12.5. The van der Waals surface area contributed by atoms with Gasteiger partial charge in [0.15, 0.2) is 0 Å². The molecular formula is C8H5BrClF2NO. The zero-order valence-electron chi connectivity index (χ0n) is 7.02. The van der Waals surface area contributed by atoms with E-state index in [4.69, 9.17) is 11.6 Å². The van der Waals surface area contributed by atoms with Gasteiger partial charge in [-0.1, -0.05) is 0 Å². The molecule has 0 bridgehead atoms. The normalized spacial score (nSPS) is 10.7. The van der Waals surface area contributed by atoms with E-state index in [0.29, 0.717) is 0 Å². The van der Waals surface area contributed by atoms with Crippen LogP contribution in [0.2, 0.25) is 0 Å². The van der Waals surface area contributed by atoms with E-state index in [-0.39, 0.29) is 21.3 Å². The molecule has 1 aromatic heterocycles. The second kappa shape index (κ2) is 4.31. The Morgan fingerprint density at radius 2 is 2.21 bits per heavy atom. The molecule has 76 valence electrons. The van der Waals surface area contributed by atoms with Crippen LogP contribution in [0.15, 0.2) is 10.8 Å². The molecule has 0 N–H and O–H groups in total. The van der Waals surface area contributed by atoms with Crippen molar-refractivity contribution in [3.8, 4) is 0 Å². The summed E-state index contributed by atoms with van der Waals surface area (Å²) >= 11 is 8.08. The minimum absolute atomic E-state index is 0.00478. The highest BCUT2D eigenvalue weighted by molar-refractivity contribution is 9.10. The van der Waals surface area contributed by atoms with Crippen molar-refractivity contribution in [3.63, 3.8) is 0 Å².